The fraction of sp³-hybridized carbons (Fsp3) is 0.500. The molecule has 0 unspecified atom stereocenters. The van der Waals surface area contributed by atoms with Crippen molar-refractivity contribution < 1.29 is 100 Å². The predicted octanol–water partition coefficient (Wildman–Crippen LogP) is 9.05. The summed E-state index contributed by atoms with van der Waals surface area (Å²) in [5.74, 6) is -2.38. The highest BCUT2D eigenvalue weighted by Gasteiger charge is 2.58. The van der Waals surface area contributed by atoms with Gasteiger partial charge in [0.05, 0.1) is 5.75 Å². The van der Waals surface area contributed by atoms with Crippen molar-refractivity contribution >= 4 is 97.0 Å². The van der Waals surface area contributed by atoms with E-state index in [1.54, 1.807) is 79.7 Å². The maximum atomic E-state index is 13.6. The number of aliphatic imine (C=N–C) groups is 2. The van der Waals surface area contributed by atoms with Gasteiger partial charge in [0.2, 0.25) is 20.0 Å². The maximum absolute atomic E-state index is 13.6. The van der Waals surface area contributed by atoms with Crippen LogP contribution in [0.2, 0.25) is 0 Å². The van der Waals surface area contributed by atoms with Crippen molar-refractivity contribution in [2.75, 3.05) is 67.9 Å². The van der Waals surface area contributed by atoms with Crippen LogP contribution >= 0.6 is 0 Å². The second kappa shape index (κ2) is 29.0. The van der Waals surface area contributed by atoms with Crippen LogP contribution < -0.4 is 40.5 Å². The number of hydrogen-bond acceptors (Lipinski definition) is 18. The number of urea groups is 2. The number of likely N-dealkylation sites (tertiary alicyclic amines) is 2. The Kier molecular flexibility index (Phi) is 21.3. The molecule has 0 aliphatic carbocycles. The van der Waals surface area contributed by atoms with Crippen molar-refractivity contribution in [2.45, 2.75) is 173 Å². The van der Waals surface area contributed by atoms with Gasteiger partial charge in [-0.3, -0.25) is 49.6 Å². The molecule has 108 heavy (non-hydrogen) atoms. The number of nitrogens with one attached hydrogen (secondary N) is 4. The first-order chi connectivity index (χ1) is 50.2. The van der Waals surface area contributed by atoms with Gasteiger partial charge in [-0.15, -0.1) is 26.3 Å². The Bertz CT molecular complexity index is 4570. The Morgan fingerprint density at radius 2 is 0.843 bits per heavy atom. The van der Waals surface area contributed by atoms with Gasteiger partial charge in [0.1, 0.15) is 56.5 Å². The number of halogens is 6. The van der Waals surface area contributed by atoms with E-state index in [0.29, 0.717) is 39.2 Å². The average molecular weight is 1550 g/mol. The molecule has 6 fully saturated rings. The normalized spacial score (nSPS) is 20.4. The van der Waals surface area contributed by atoms with E-state index in [1.807, 2.05) is 13.8 Å². The van der Waals surface area contributed by atoms with E-state index < -0.39 is 126 Å². The molecule has 8 heterocycles. The number of alkyl halides is 6. The summed E-state index contributed by atoms with van der Waals surface area (Å²) < 4.78 is 151. The molecule has 0 aromatic heterocycles. The number of piperidine rings is 4. The Labute approximate surface area is 619 Å². The van der Waals surface area contributed by atoms with Crippen LogP contribution in [0.3, 0.4) is 0 Å². The van der Waals surface area contributed by atoms with E-state index in [0.717, 1.165) is 46.4 Å². The van der Waals surface area contributed by atoms with Crippen LogP contribution in [0.15, 0.2) is 88.2 Å². The number of hydrogen-bond donors (Lipinski definition) is 4. The summed E-state index contributed by atoms with van der Waals surface area (Å²) in [5.41, 5.74) is -0.280. The monoisotopic (exact) mass is 1550 g/mol. The third-order valence-electron chi connectivity index (χ3n) is 20.4. The third kappa shape index (κ3) is 16.8. The number of amides is 10. The second-order valence-electron chi connectivity index (χ2n) is 30.0. The van der Waals surface area contributed by atoms with Gasteiger partial charge in [0.15, 0.2) is 0 Å². The van der Waals surface area contributed by atoms with Gasteiger partial charge in [0.25, 0.3) is 23.6 Å². The average Bonchev–Trinajstić information content (AvgIpc) is 1.57. The molecule has 0 atom stereocenters. The minimum Gasteiger partial charge on any atom is -0.444 e. The number of rotatable bonds is 13. The fourth-order valence-corrected chi connectivity index (χ4v) is 17.5. The molecular formula is C72H84F6N12O16S2. The number of aryl methyl sites for hydroxylation is 4. The Morgan fingerprint density at radius 3 is 1.19 bits per heavy atom. The van der Waals surface area contributed by atoms with Gasteiger partial charge in [-0.1, -0.05) is 0 Å². The second-order valence-corrected chi connectivity index (χ2v) is 33.9. The summed E-state index contributed by atoms with van der Waals surface area (Å²) >= 11 is 0. The number of imide groups is 2. The zero-order chi connectivity index (χ0) is 78.9. The zero-order valence-corrected chi connectivity index (χ0v) is 62.6. The van der Waals surface area contributed by atoms with Gasteiger partial charge >= 0.3 is 37.0 Å². The summed E-state index contributed by atoms with van der Waals surface area (Å²) in [6.07, 6.45) is -7.78. The lowest BCUT2D eigenvalue weighted by Gasteiger charge is -2.42. The van der Waals surface area contributed by atoms with Gasteiger partial charge < -0.3 is 39.4 Å². The van der Waals surface area contributed by atoms with Crippen LogP contribution in [-0.2, 0) is 55.1 Å². The fourth-order valence-electron chi connectivity index (χ4n) is 14.8. The van der Waals surface area contributed by atoms with Gasteiger partial charge in [-0.2, -0.15) is 4.31 Å². The van der Waals surface area contributed by atoms with Crippen LogP contribution in [0.4, 0.5) is 56.9 Å². The summed E-state index contributed by atoms with van der Waals surface area (Å²) in [6.45, 7) is 18.7. The Hall–Kier alpha value is -9.68. The number of amidine groups is 2. The molecule has 0 saturated carbocycles. The van der Waals surface area contributed by atoms with E-state index in [1.165, 1.54) is 58.6 Å². The van der Waals surface area contributed by atoms with E-state index >= 15 is 0 Å². The molecule has 582 valence electrons. The van der Waals surface area contributed by atoms with Crippen molar-refractivity contribution in [3.05, 3.63) is 123 Å². The lowest BCUT2D eigenvalue weighted by atomic mass is 9.85. The number of ether oxygens (including phenoxy) is 4. The predicted molar refractivity (Wildman–Crippen MR) is 382 cm³/mol. The number of anilines is 2. The minimum atomic E-state index is -4.85. The van der Waals surface area contributed by atoms with Crippen LogP contribution in [0, 0.1) is 27.7 Å². The van der Waals surface area contributed by atoms with E-state index in [-0.39, 0.29) is 128 Å². The number of carbonyl (C=O) groups excluding carboxylic acids is 8. The minimum absolute atomic E-state index is 0.00231. The number of nitrogens with zero attached hydrogens (tertiary/aromatic N) is 8. The summed E-state index contributed by atoms with van der Waals surface area (Å²) in [6, 6.07) is 15.7. The van der Waals surface area contributed by atoms with E-state index in [4.69, 9.17) is 9.47 Å². The molecule has 0 radical (unpaired) electrons. The van der Waals surface area contributed by atoms with Crippen molar-refractivity contribution in [3.8, 4) is 11.5 Å². The first-order valence-corrected chi connectivity index (χ1v) is 38.0. The van der Waals surface area contributed by atoms with Crippen molar-refractivity contribution in [1.29, 1.82) is 0 Å². The van der Waals surface area contributed by atoms with Crippen LogP contribution in [0.1, 0.15) is 137 Å². The molecule has 12 rings (SSSR count). The molecular weight excluding hydrogens is 1470 g/mol. The summed E-state index contributed by atoms with van der Waals surface area (Å²) in [4.78, 5) is 119. The molecule has 28 nitrogen and oxygen atoms in total. The van der Waals surface area contributed by atoms with Crippen molar-refractivity contribution in [3.63, 3.8) is 0 Å². The Morgan fingerprint density at radius 1 is 0.491 bits per heavy atom. The van der Waals surface area contributed by atoms with Crippen molar-refractivity contribution in [1.82, 2.24) is 39.7 Å². The molecule has 4 N–H and O–H groups in total. The largest absolute Gasteiger partial charge is 0.573 e. The highest BCUT2D eigenvalue weighted by Crippen LogP contribution is 2.43. The van der Waals surface area contributed by atoms with Crippen LogP contribution in [0.25, 0.3) is 6.08 Å². The lowest BCUT2D eigenvalue weighted by Crippen LogP contribution is -2.58. The molecule has 36 heteroatoms. The quantitative estimate of drug-likeness (QED) is 0.0716. The Balaban J connectivity index is 0.000000215. The molecule has 0 bridgehead atoms. The van der Waals surface area contributed by atoms with Gasteiger partial charge in [-0.05, 0) is 239 Å². The third-order valence-corrected chi connectivity index (χ3v) is 23.8. The first kappa shape index (κ1) is 79.4. The lowest BCUT2D eigenvalue weighted by molar-refractivity contribution is -0.275. The van der Waals surface area contributed by atoms with Crippen molar-refractivity contribution in [2.24, 2.45) is 9.98 Å². The topological polar surface area (TPSA) is 334 Å². The zero-order valence-electron chi connectivity index (χ0n) is 61.0. The van der Waals surface area contributed by atoms with Crippen LogP contribution in [-0.4, -0.2) is 199 Å². The molecule has 4 aromatic rings. The highest BCUT2D eigenvalue weighted by atomic mass is 32.2. The standard InChI is InChI=1S/C36H43F3N6O8S.C36H41F3N6O8S/c2*1-22-20-25(45-31(48)41-30(47)35(45)13-15-43(16-14-35)32(49)53-33(3,4)5)21-23(2)27(22)10-19-54(50,51)44-17-11-34(12-18-44)29(46)40-28(42-34)24-6-8-26(9-7-24)52-36(37,38)39/h6-9,20-21H,10-19H2,1-5H3,(H,40,42,46)(H,41,47,48);6-10,19-21H,11-18H2,1-5H3,(H,40,42,46)(H,41,47,48)/b;19-10+. The molecule has 4 aromatic carbocycles. The highest BCUT2D eigenvalue weighted by molar-refractivity contribution is 7.92. The molecule has 10 amide bonds. The summed E-state index contributed by atoms with van der Waals surface area (Å²) in [5, 5.41) is 11.3. The molecule has 8 aliphatic rings. The summed E-state index contributed by atoms with van der Waals surface area (Å²) in [7, 11) is -7.71. The molecule has 6 saturated heterocycles. The number of benzene rings is 4. The SMILES string of the molecule is Cc1cc(N2C(=O)NC(=O)C23CCN(C(=O)OC(C)(C)C)CC3)cc(C)c1/C=C/S(=O)(=O)N1CCC2(CC1)N=C(c1ccc(OC(F)(F)F)cc1)NC2=O.Cc1cc(N2C(=O)NC(=O)C23CCN(C(=O)OC(C)(C)C)CC3)cc(C)c1CCS(=O)(=O)N1CCC2(CC1)N=C(c1ccc(OC(F)(F)F)cc1)NC2=O. The molecule has 4 spiro atoms. The van der Waals surface area contributed by atoms with E-state index in [9.17, 15) is 81.5 Å². The molecule has 8 aliphatic heterocycles. The van der Waals surface area contributed by atoms with Gasteiger partial charge in [0, 0.05) is 80.3 Å². The number of carbonyl (C=O) groups is 8. The first-order valence-electron chi connectivity index (χ1n) is 34.9. The maximum Gasteiger partial charge on any atom is 0.573 e. The smallest absolute Gasteiger partial charge is 0.444 e. The van der Waals surface area contributed by atoms with Gasteiger partial charge in [-0.25, -0.2) is 40.3 Å². The van der Waals surface area contributed by atoms with Crippen LogP contribution in [0.5, 0.6) is 11.5 Å². The van der Waals surface area contributed by atoms with E-state index in [2.05, 4.69) is 40.7 Å². The number of sulfonamides is 2.